The van der Waals surface area contributed by atoms with Crippen molar-refractivity contribution < 1.29 is 14.3 Å². The van der Waals surface area contributed by atoms with Crippen molar-refractivity contribution in [1.29, 1.82) is 0 Å². The molecule has 2 aromatic rings. The SMILES string of the molecule is CN=C(NCc1ccc(C(=O)N(C)C)cc1)NCc1ccc(OC)c(OC2CCCC2)c1. The zero-order chi connectivity index (χ0) is 22.9. The van der Waals surface area contributed by atoms with E-state index in [1.807, 2.05) is 42.5 Å². The largest absolute Gasteiger partial charge is 0.493 e. The first kappa shape index (κ1) is 23.4. The molecule has 2 N–H and O–H groups in total. The summed E-state index contributed by atoms with van der Waals surface area (Å²) in [6.07, 6.45) is 4.94. The van der Waals surface area contributed by atoms with E-state index in [0.29, 0.717) is 24.6 Å². The molecule has 0 unspecified atom stereocenters. The van der Waals surface area contributed by atoms with Crippen LogP contribution in [-0.2, 0) is 13.1 Å². The summed E-state index contributed by atoms with van der Waals surface area (Å²) in [4.78, 5) is 17.9. The Labute approximate surface area is 190 Å². The smallest absolute Gasteiger partial charge is 0.253 e. The summed E-state index contributed by atoms with van der Waals surface area (Å²) in [5, 5.41) is 6.65. The standard InChI is InChI=1S/C25H34N4O3/c1-26-25(27-16-18-9-12-20(13-10-18)24(30)29(2)3)28-17-19-11-14-22(31-4)23(15-19)32-21-7-5-6-8-21/h9-15,21H,5-8,16-17H2,1-4H3,(H2,26,27,28). The average Bonchev–Trinajstić information content (AvgIpc) is 3.32. The second kappa shape index (κ2) is 11.4. The summed E-state index contributed by atoms with van der Waals surface area (Å²) in [5.74, 6) is 2.26. The lowest BCUT2D eigenvalue weighted by Gasteiger charge is -2.17. The van der Waals surface area contributed by atoms with Gasteiger partial charge < -0.3 is 25.0 Å². The number of carbonyl (C=O) groups is 1. The van der Waals surface area contributed by atoms with Gasteiger partial charge in [0.15, 0.2) is 17.5 Å². The van der Waals surface area contributed by atoms with Crippen molar-refractivity contribution in [2.75, 3.05) is 28.3 Å². The van der Waals surface area contributed by atoms with E-state index in [1.54, 1.807) is 33.2 Å². The van der Waals surface area contributed by atoms with Gasteiger partial charge in [-0.25, -0.2) is 0 Å². The summed E-state index contributed by atoms with van der Waals surface area (Å²) >= 11 is 0. The maximum Gasteiger partial charge on any atom is 0.253 e. The quantitative estimate of drug-likeness (QED) is 0.487. The number of guanidine groups is 1. The monoisotopic (exact) mass is 438 g/mol. The van der Waals surface area contributed by atoms with Gasteiger partial charge in [-0.05, 0) is 61.1 Å². The Morgan fingerprint density at radius 3 is 2.22 bits per heavy atom. The maximum atomic E-state index is 12.0. The molecule has 2 aromatic carbocycles. The third-order valence-electron chi connectivity index (χ3n) is 5.57. The first-order chi connectivity index (χ1) is 15.5. The van der Waals surface area contributed by atoms with Gasteiger partial charge in [0.05, 0.1) is 13.2 Å². The molecule has 32 heavy (non-hydrogen) atoms. The van der Waals surface area contributed by atoms with Gasteiger partial charge in [-0.1, -0.05) is 18.2 Å². The molecule has 0 spiro atoms. The fourth-order valence-corrected chi connectivity index (χ4v) is 3.72. The topological polar surface area (TPSA) is 75.2 Å². The van der Waals surface area contributed by atoms with Crippen LogP contribution in [0.1, 0.15) is 47.2 Å². The number of benzene rings is 2. The van der Waals surface area contributed by atoms with Crippen molar-refractivity contribution in [3.05, 3.63) is 59.2 Å². The Balaban J connectivity index is 1.54. The minimum absolute atomic E-state index is 0.00208. The average molecular weight is 439 g/mol. The fraction of sp³-hybridized carbons (Fsp3) is 0.440. The second-order valence-electron chi connectivity index (χ2n) is 8.19. The van der Waals surface area contributed by atoms with Crippen LogP contribution in [0.4, 0.5) is 0 Å². The van der Waals surface area contributed by atoms with Gasteiger partial charge in [0.25, 0.3) is 5.91 Å². The minimum atomic E-state index is -0.00208. The Bertz CT molecular complexity index is 919. The summed E-state index contributed by atoms with van der Waals surface area (Å²) in [5.41, 5.74) is 2.84. The van der Waals surface area contributed by atoms with Gasteiger partial charge in [-0.2, -0.15) is 0 Å². The van der Waals surface area contributed by atoms with Crippen molar-refractivity contribution >= 4 is 11.9 Å². The third-order valence-corrected chi connectivity index (χ3v) is 5.57. The van der Waals surface area contributed by atoms with E-state index in [4.69, 9.17) is 9.47 Å². The molecule has 0 atom stereocenters. The molecule has 1 amide bonds. The predicted octanol–water partition coefficient (Wildman–Crippen LogP) is 3.58. The zero-order valence-electron chi connectivity index (χ0n) is 19.5. The molecule has 1 fully saturated rings. The van der Waals surface area contributed by atoms with Crippen LogP contribution in [0.2, 0.25) is 0 Å². The van der Waals surface area contributed by atoms with Crippen molar-refractivity contribution in [3.63, 3.8) is 0 Å². The molecule has 1 aliphatic carbocycles. The molecule has 7 nitrogen and oxygen atoms in total. The first-order valence-electron chi connectivity index (χ1n) is 11.1. The van der Waals surface area contributed by atoms with E-state index >= 15 is 0 Å². The molecule has 0 radical (unpaired) electrons. The Morgan fingerprint density at radius 2 is 1.62 bits per heavy atom. The third kappa shape index (κ3) is 6.39. The van der Waals surface area contributed by atoms with E-state index < -0.39 is 0 Å². The Morgan fingerprint density at radius 1 is 1.00 bits per heavy atom. The molecule has 0 aromatic heterocycles. The number of hydrogen-bond acceptors (Lipinski definition) is 4. The van der Waals surface area contributed by atoms with Crippen molar-refractivity contribution in [1.82, 2.24) is 15.5 Å². The number of hydrogen-bond donors (Lipinski definition) is 2. The molecule has 172 valence electrons. The molecule has 1 saturated carbocycles. The van der Waals surface area contributed by atoms with E-state index in [-0.39, 0.29) is 12.0 Å². The number of methoxy groups -OCH3 is 1. The lowest BCUT2D eigenvalue weighted by atomic mass is 10.1. The lowest BCUT2D eigenvalue weighted by Crippen LogP contribution is -2.36. The van der Waals surface area contributed by atoms with Gasteiger partial charge in [0.2, 0.25) is 0 Å². The molecule has 0 bridgehead atoms. The first-order valence-corrected chi connectivity index (χ1v) is 11.1. The minimum Gasteiger partial charge on any atom is -0.493 e. The van der Waals surface area contributed by atoms with E-state index in [0.717, 1.165) is 35.5 Å². The summed E-state index contributed by atoms with van der Waals surface area (Å²) in [6.45, 7) is 1.22. The summed E-state index contributed by atoms with van der Waals surface area (Å²) in [6, 6.07) is 13.6. The van der Waals surface area contributed by atoms with E-state index in [9.17, 15) is 4.79 Å². The van der Waals surface area contributed by atoms with Crippen LogP contribution in [-0.4, -0.2) is 51.1 Å². The van der Waals surface area contributed by atoms with Crippen LogP contribution >= 0.6 is 0 Å². The Kier molecular flexibility index (Phi) is 8.36. The van der Waals surface area contributed by atoms with Gasteiger partial charge in [0, 0.05) is 39.8 Å². The molecule has 3 rings (SSSR count). The van der Waals surface area contributed by atoms with Crippen LogP contribution in [0.3, 0.4) is 0 Å². The number of aliphatic imine (C=N–C) groups is 1. The van der Waals surface area contributed by atoms with Crippen LogP contribution in [0.5, 0.6) is 11.5 Å². The van der Waals surface area contributed by atoms with Gasteiger partial charge >= 0.3 is 0 Å². The highest BCUT2D eigenvalue weighted by Crippen LogP contribution is 2.32. The zero-order valence-corrected chi connectivity index (χ0v) is 19.5. The van der Waals surface area contributed by atoms with Gasteiger partial charge in [-0.3, -0.25) is 9.79 Å². The molecule has 0 aliphatic heterocycles. The molecular weight excluding hydrogens is 404 g/mol. The summed E-state index contributed by atoms with van der Waals surface area (Å²) < 4.78 is 11.7. The summed E-state index contributed by atoms with van der Waals surface area (Å²) in [7, 11) is 6.92. The second-order valence-corrected chi connectivity index (χ2v) is 8.19. The normalized spacial score (nSPS) is 14.2. The molecule has 0 heterocycles. The van der Waals surface area contributed by atoms with Crippen LogP contribution in [0, 0.1) is 0 Å². The number of rotatable bonds is 8. The maximum absolute atomic E-state index is 12.0. The van der Waals surface area contributed by atoms with Crippen LogP contribution in [0.15, 0.2) is 47.5 Å². The number of carbonyl (C=O) groups excluding carboxylic acids is 1. The fourth-order valence-electron chi connectivity index (χ4n) is 3.72. The number of ether oxygens (including phenoxy) is 2. The van der Waals surface area contributed by atoms with E-state index in [2.05, 4.69) is 15.6 Å². The molecule has 0 saturated heterocycles. The molecule has 7 heteroatoms. The number of nitrogens with one attached hydrogen (secondary N) is 2. The number of nitrogens with zero attached hydrogens (tertiary/aromatic N) is 2. The van der Waals surface area contributed by atoms with Crippen LogP contribution in [0.25, 0.3) is 0 Å². The lowest BCUT2D eigenvalue weighted by molar-refractivity contribution is 0.0827. The van der Waals surface area contributed by atoms with Crippen molar-refractivity contribution in [3.8, 4) is 11.5 Å². The van der Waals surface area contributed by atoms with Crippen molar-refractivity contribution in [2.24, 2.45) is 4.99 Å². The van der Waals surface area contributed by atoms with Gasteiger partial charge in [-0.15, -0.1) is 0 Å². The highest BCUT2D eigenvalue weighted by Gasteiger charge is 2.18. The molecule has 1 aliphatic rings. The van der Waals surface area contributed by atoms with E-state index in [1.165, 1.54) is 12.8 Å². The number of amides is 1. The van der Waals surface area contributed by atoms with Crippen molar-refractivity contribution in [2.45, 2.75) is 44.9 Å². The van der Waals surface area contributed by atoms with Gasteiger partial charge in [0.1, 0.15) is 0 Å². The highest BCUT2D eigenvalue weighted by molar-refractivity contribution is 5.93. The molecular formula is C25H34N4O3. The van der Waals surface area contributed by atoms with Crippen LogP contribution < -0.4 is 20.1 Å². The Hall–Kier alpha value is -3.22. The predicted molar refractivity (Wildman–Crippen MR) is 127 cm³/mol. The highest BCUT2D eigenvalue weighted by atomic mass is 16.5.